The molecule has 1 aliphatic carbocycles. The molecule has 0 aromatic carbocycles. The molecule has 0 bridgehead atoms. The average Bonchev–Trinajstić information content (AvgIpc) is 3.05. The maximum atomic E-state index is 11.2. The van der Waals surface area contributed by atoms with Crippen molar-refractivity contribution in [3.63, 3.8) is 0 Å². The summed E-state index contributed by atoms with van der Waals surface area (Å²) >= 11 is 1.32. The highest BCUT2D eigenvalue weighted by atomic mass is 32.1. The lowest BCUT2D eigenvalue weighted by Crippen LogP contribution is -2.24. The Labute approximate surface area is 105 Å². The predicted molar refractivity (Wildman–Crippen MR) is 67.5 cm³/mol. The molecule has 17 heavy (non-hydrogen) atoms. The van der Waals surface area contributed by atoms with Crippen molar-refractivity contribution in [2.45, 2.75) is 12.8 Å². The van der Waals surface area contributed by atoms with Gasteiger partial charge in [-0.2, -0.15) is 0 Å². The quantitative estimate of drug-likeness (QED) is 0.568. The van der Waals surface area contributed by atoms with Gasteiger partial charge in [-0.1, -0.05) is 11.3 Å². The van der Waals surface area contributed by atoms with Crippen LogP contribution in [0.5, 0.6) is 0 Å². The second-order valence-corrected chi connectivity index (χ2v) is 5.13. The molecule has 0 unspecified atom stereocenters. The van der Waals surface area contributed by atoms with Gasteiger partial charge in [0, 0.05) is 13.1 Å². The zero-order valence-electron chi connectivity index (χ0n) is 9.86. The standard InChI is InChI=1S/C11H17N3O2S/c1-16-10(15)9-7-14-11(17-9)13-5-4-12-6-8-2-3-8/h7-8,12H,2-6H2,1H3,(H,13,14). The topological polar surface area (TPSA) is 63.2 Å². The van der Waals surface area contributed by atoms with Crippen LogP contribution in [-0.2, 0) is 4.74 Å². The first-order valence-corrected chi connectivity index (χ1v) is 6.60. The van der Waals surface area contributed by atoms with Crippen LogP contribution in [0.3, 0.4) is 0 Å². The third-order valence-corrected chi connectivity index (χ3v) is 3.54. The molecule has 0 saturated heterocycles. The van der Waals surface area contributed by atoms with E-state index in [1.54, 1.807) is 0 Å². The third kappa shape index (κ3) is 3.98. The van der Waals surface area contributed by atoms with Crippen molar-refractivity contribution < 1.29 is 9.53 Å². The number of hydrogen-bond donors (Lipinski definition) is 2. The van der Waals surface area contributed by atoms with Crippen LogP contribution in [0.1, 0.15) is 22.5 Å². The zero-order chi connectivity index (χ0) is 12.1. The molecule has 2 N–H and O–H groups in total. The monoisotopic (exact) mass is 255 g/mol. The van der Waals surface area contributed by atoms with E-state index in [0.29, 0.717) is 4.88 Å². The van der Waals surface area contributed by atoms with Crippen LogP contribution in [0.15, 0.2) is 6.20 Å². The fourth-order valence-corrected chi connectivity index (χ4v) is 2.20. The van der Waals surface area contributed by atoms with Crippen LogP contribution >= 0.6 is 11.3 Å². The van der Waals surface area contributed by atoms with E-state index in [4.69, 9.17) is 0 Å². The number of rotatable bonds is 7. The number of methoxy groups -OCH3 is 1. The van der Waals surface area contributed by atoms with E-state index < -0.39 is 0 Å². The van der Waals surface area contributed by atoms with Gasteiger partial charge in [0.15, 0.2) is 5.13 Å². The van der Waals surface area contributed by atoms with E-state index in [-0.39, 0.29) is 5.97 Å². The maximum Gasteiger partial charge on any atom is 0.349 e. The number of thiazole rings is 1. The maximum absolute atomic E-state index is 11.2. The van der Waals surface area contributed by atoms with Crippen molar-refractivity contribution in [2.24, 2.45) is 5.92 Å². The van der Waals surface area contributed by atoms with Gasteiger partial charge in [-0.3, -0.25) is 0 Å². The van der Waals surface area contributed by atoms with Gasteiger partial charge in [0.1, 0.15) is 4.88 Å². The molecule has 0 atom stereocenters. The lowest BCUT2D eigenvalue weighted by molar-refractivity contribution is 0.0606. The number of nitrogens with zero attached hydrogens (tertiary/aromatic N) is 1. The molecule has 1 fully saturated rings. The highest BCUT2D eigenvalue weighted by molar-refractivity contribution is 7.17. The lowest BCUT2D eigenvalue weighted by atomic mass is 10.4. The predicted octanol–water partition coefficient (Wildman–Crippen LogP) is 1.34. The Hall–Kier alpha value is -1.14. The summed E-state index contributed by atoms with van der Waals surface area (Å²) in [5, 5.41) is 7.32. The molecule has 0 aliphatic heterocycles. The van der Waals surface area contributed by atoms with E-state index in [1.165, 1.54) is 37.5 Å². The first-order chi connectivity index (χ1) is 8.29. The Balaban J connectivity index is 1.64. The summed E-state index contributed by atoms with van der Waals surface area (Å²) in [6.07, 6.45) is 4.28. The fraction of sp³-hybridized carbons (Fsp3) is 0.636. The molecule has 6 heteroatoms. The Bertz CT molecular complexity index is 377. The molecule has 1 heterocycles. The van der Waals surface area contributed by atoms with Gasteiger partial charge in [0.2, 0.25) is 0 Å². The molecule has 2 rings (SSSR count). The molecule has 1 aliphatic rings. The normalized spacial score (nSPS) is 14.6. The minimum Gasteiger partial charge on any atom is -0.465 e. The van der Waals surface area contributed by atoms with Gasteiger partial charge < -0.3 is 15.4 Å². The van der Waals surface area contributed by atoms with Gasteiger partial charge in [0.25, 0.3) is 0 Å². The Morgan fingerprint density at radius 2 is 2.41 bits per heavy atom. The number of anilines is 1. The van der Waals surface area contributed by atoms with Crippen molar-refractivity contribution in [3.8, 4) is 0 Å². The molecule has 0 amide bonds. The number of esters is 1. The van der Waals surface area contributed by atoms with E-state index in [1.807, 2.05) is 0 Å². The number of aromatic nitrogens is 1. The zero-order valence-corrected chi connectivity index (χ0v) is 10.7. The van der Waals surface area contributed by atoms with E-state index >= 15 is 0 Å². The van der Waals surface area contributed by atoms with Crippen molar-refractivity contribution in [2.75, 3.05) is 32.1 Å². The molecule has 1 aromatic heterocycles. The number of carbonyl (C=O) groups is 1. The molecule has 5 nitrogen and oxygen atoms in total. The van der Waals surface area contributed by atoms with E-state index in [0.717, 1.165) is 30.7 Å². The molecule has 94 valence electrons. The van der Waals surface area contributed by atoms with Gasteiger partial charge in [-0.15, -0.1) is 0 Å². The van der Waals surface area contributed by atoms with E-state index in [9.17, 15) is 4.79 Å². The summed E-state index contributed by atoms with van der Waals surface area (Å²) in [5.41, 5.74) is 0. The largest absolute Gasteiger partial charge is 0.465 e. The van der Waals surface area contributed by atoms with Gasteiger partial charge in [-0.25, -0.2) is 9.78 Å². The summed E-state index contributed by atoms with van der Waals surface area (Å²) in [7, 11) is 1.37. The average molecular weight is 255 g/mol. The Morgan fingerprint density at radius 1 is 1.59 bits per heavy atom. The summed E-state index contributed by atoms with van der Waals surface area (Å²) in [5.74, 6) is 0.572. The van der Waals surface area contributed by atoms with E-state index in [2.05, 4.69) is 20.4 Å². The molecule has 1 saturated carbocycles. The second-order valence-electron chi connectivity index (χ2n) is 4.10. The summed E-state index contributed by atoms with van der Waals surface area (Å²) in [4.78, 5) is 15.8. The summed E-state index contributed by atoms with van der Waals surface area (Å²) in [6, 6.07) is 0. The van der Waals surface area contributed by atoms with Crippen LogP contribution in [0.25, 0.3) is 0 Å². The lowest BCUT2D eigenvalue weighted by Gasteiger charge is -2.03. The minimum absolute atomic E-state index is 0.331. The van der Waals surface area contributed by atoms with Crippen molar-refractivity contribution in [1.29, 1.82) is 0 Å². The number of carbonyl (C=O) groups excluding carboxylic acids is 1. The Kier molecular flexibility index (Phi) is 4.33. The number of nitrogens with one attached hydrogen (secondary N) is 2. The molecular weight excluding hydrogens is 238 g/mol. The summed E-state index contributed by atoms with van der Waals surface area (Å²) < 4.78 is 4.62. The van der Waals surface area contributed by atoms with Crippen LogP contribution < -0.4 is 10.6 Å². The highest BCUT2D eigenvalue weighted by Crippen LogP contribution is 2.27. The van der Waals surface area contributed by atoms with Crippen LogP contribution in [0.4, 0.5) is 5.13 Å². The molecular formula is C11H17N3O2S. The molecule has 1 aromatic rings. The van der Waals surface area contributed by atoms with Crippen LogP contribution in [0, 0.1) is 5.92 Å². The summed E-state index contributed by atoms with van der Waals surface area (Å²) in [6.45, 7) is 2.86. The van der Waals surface area contributed by atoms with Crippen LogP contribution in [0.2, 0.25) is 0 Å². The Morgan fingerprint density at radius 3 is 3.12 bits per heavy atom. The first kappa shape index (κ1) is 12.3. The third-order valence-electron chi connectivity index (χ3n) is 2.60. The smallest absolute Gasteiger partial charge is 0.349 e. The van der Waals surface area contributed by atoms with Gasteiger partial charge in [-0.05, 0) is 25.3 Å². The molecule has 0 radical (unpaired) electrons. The van der Waals surface area contributed by atoms with Gasteiger partial charge >= 0.3 is 5.97 Å². The van der Waals surface area contributed by atoms with Gasteiger partial charge in [0.05, 0.1) is 13.3 Å². The van der Waals surface area contributed by atoms with Crippen LogP contribution in [-0.4, -0.2) is 37.7 Å². The number of ether oxygens (including phenoxy) is 1. The number of hydrogen-bond acceptors (Lipinski definition) is 6. The first-order valence-electron chi connectivity index (χ1n) is 5.78. The minimum atomic E-state index is -0.331. The fourth-order valence-electron chi connectivity index (χ4n) is 1.44. The second kappa shape index (κ2) is 5.97. The SMILES string of the molecule is COC(=O)c1cnc(NCCNCC2CC2)s1. The van der Waals surface area contributed by atoms with Crippen molar-refractivity contribution >= 4 is 22.4 Å². The van der Waals surface area contributed by atoms with Crippen molar-refractivity contribution in [3.05, 3.63) is 11.1 Å². The highest BCUT2D eigenvalue weighted by Gasteiger charge is 2.19. The molecule has 0 spiro atoms. The van der Waals surface area contributed by atoms with Crippen molar-refractivity contribution in [1.82, 2.24) is 10.3 Å².